The van der Waals surface area contributed by atoms with E-state index in [9.17, 15) is 4.79 Å². The average Bonchev–Trinajstić information content (AvgIpc) is 2.51. The van der Waals surface area contributed by atoms with Gasteiger partial charge in [0.15, 0.2) is 6.10 Å². The molecule has 0 aliphatic carbocycles. The lowest BCUT2D eigenvalue weighted by molar-refractivity contribution is -0.277. The Labute approximate surface area is 136 Å². The second kappa shape index (κ2) is 16.8. The second-order valence-electron chi connectivity index (χ2n) is 6.32. The molecule has 0 saturated heterocycles. The van der Waals surface area contributed by atoms with Crippen molar-refractivity contribution >= 4 is 5.97 Å². The smallest absolute Gasteiger partial charge is 0.336 e. The van der Waals surface area contributed by atoms with Gasteiger partial charge < -0.3 is 5.11 Å². The maximum Gasteiger partial charge on any atom is 0.336 e. The lowest BCUT2D eigenvalue weighted by Gasteiger charge is -2.07. The number of carbonyl (C=O) groups is 1. The highest BCUT2D eigenvalue weighted by atomic mass is 17.1. The van der Waals surface area contributed by atoms with E-state index in [1.807, 2.05) is 0 Å². The third kappa shape index (κ3) is 14.3. The molecule has 0 aliphatic rings. The lowest BCUT2D eigenvalue weighted by atomic mass is 10.0. The van der Waals surface area contributed by atoms with E-state index in [0.29, 0.717) is 6.42 Å². The highest BCUT2D eigenvalue weighted by Gasteiger charge is 2.16. The maximum absolute atomic E-state index is 10.6. The topological polar surface area (TPSA) is 66.8 Å². The Morgan fingerprint density at radius 1 is 0.773 bits per heavy atom. The average molecular weight is 316 g/mol. The van der Waals surface area contributed by atoms with Crippen molar-refractivity contribution < 1.29 is 20.0 Å². The van der Waals surface area contributed by atoms with Crippen LogP contribution in [0.4, 0.5) is 0 Å². The Kier molecular flexibility index (Phi) is 16.3. The SMILES string of the molecule is CCCCCCCCCCCCCCCC[C@@H](OO)C(=O)O. The number of unbranched alkanes of at least 4 members (excludes halogenated alkanes) is 13. The van der Waals surface area contributed by atoms with Gasteiger partial charge in [0, 0.05) is 0 Å². The summed E-state index contributed by atoms with van der Waals surface area (Å²) in [7, 11) is 0. The number of hydrogen-bond acceptors (Lipinski definition) is 3. The molecule has 2 N–H and O–H groups in total. The van der Waals surface area contributed by atoms with Crippen molar-refractivity contribution in [1.82, 2.24) is 0 Å². The van der Waals surface area contributed by atoms with Crippen molar-refractivity contribution in [3.63, 3.8) is 0 Å². The van der Waals surface area contributed by atoms with E-state index in [0.717, 1.165) is 19.3 Å². The van der Waals surface area contributed by atoms with Crippen molar-refractivity contribution in [3.05, 3.63) is 0 Å². The maximum atomic E-state index is 10.6. The fraction of sp³-hybridized carbons (Fsp3) is 0.944. The van der Waals surface area contributed by atoms with Crippen molar-refractivity contribution in [3.8, 4) is 0 Å². The standard InChI is InChI=1S/C18H36O4/c1-2-3-4-5-6-7-8-9-10-11-12-13-14-15-16-17(22-21)18(19)20/h17,21H,2-16H2,1H3,(H,19,20)/t17-/m1/s1. The van der Waals surface area contributed by atoms with Crippen molar-refractivity contribution in [1.29, 1.82) is 0 Å². The minimum Gasteiger partial charge on any atom is -0.479 e. The Hall–Kier alpha value is -0.610. The minimum atomic E-state index is -1.09. The van der Waals surface area contributed by atoms with E-state index in [2.05, 4.69) is 11.8 Å². The minimum absolute atomic E-state index is 0.393. The fourth-order valence-corrected chi connectivity index (χ4v) is 2.75. The largest absolute Gasteiger partial charge is 0.479 e. The van der Waals surface area contributed by atoms with Crippen LogP contribution in [0.2, 0.25) is 0 Å². The third-order valence-corrected chi connectivity index (χ3v) is 4.22. The van der Waals surface area contributed by atoms with Crippen LogP contribution in [0.15, 0.2) is 0 Å². The third-order valence-electron chi connectivity index (χ3n) is 4.22. The van der Waals surface area contributed by atoms with Gasteiger partial charge in [0.2, 0.25) is 0 Å². The Morgan fingerprint density at radius 3 is 1.45 bits per heavy atom. The van der Waals surface area contributed by atoms with E-state index >= 15 is 0 Å². The molecule has 0 spiro atoms. The van der Waals surface area contributed by atoms with E-state index in [-0.39, 0.29) is 0 Å². The summed E-state index contributed by atoms with van der Waals surface area (Å²) in [5, 5.41) is 17.1. The molecule has 0 radical (unpaired) electrons. The van der Waals surface area contributed by atoms with Crippen molar-refractivity contribution in [2.24, 2.45) is 0 Å². The molecule has 0 aromatic heterocycles. The van der Waals surface area contributed by atoms with Gasteiger partial charge in [0.05, 0.1) is 0 Å². The molecule has 4 heteroatoms. The molecule has 0 fully saturated rings. The summed E-state index contributed by atoms with van der Waals surface area (Å²) in [6.07, 6.45) is 17.2. The van der Waals surface area contributed by atoms with Gasteiger partial charge in [0.25, 0.3) is 0 Å². The molecule has 132 valence electrons. The summed E-state index contributed by atoms with van der Waals surface area (Å²) in [5.41, 5.74) is 0. The van der Waals surface area contributed by atoms with Gasteiger partial charge in [-0.3, -0.25) is 5.26 Å². The fourth-order valence-electron chi connectivity index (χ4n) is 2.75. The number of hydrogen-bond donors (Lipinski definition) is 2. The normalized spacial score (nSPS) is 12.5. The van der Waals surface area contributed by atoms with E-state index < -0.39 is 12.1 Å². The van der Waals surface area contributed by atoms with Gasteiger partial charge in [0.1, 0.15) is 0 Å². The van der Waals surface area contributed by atoms with Crippen molar-refractivity contribution in [2.45, 2.75) is 109 Å². The first-order valence-corrected chi connectivity index (χ1v) is 9.25. The summed E-state index contributed by atoms with van der Waals surface area (Å²) in [6, 6.07) is 0. The van der Waals surface area contributed by atoms with E-state index in [1.165, 1.54) is 70.6 Å². The van der Waals surface area contributed by atoms with Gasteiger partial charge in [-0.05, 0) is 6.42 Å². The first-order chi connectivity index (χ1) is 10.7. The van der Waals surface area contributed by atoms with Gasteiger partial charge in [-0.1, -0.05) is 96.8 Å². The summed E-state index contributed by atoms with van der Waals surface area (Å²) < 4.78 is 0. The molecule has 0 heterocycles. The molecule has 0 aromatic rings. The van der Waals surface area contributed by atoms with Crippen LogP contribution < -0.4 is 0 Å². The first kappa shape index (κ1) is 21.4. The number of carboxylic acid groups (broad SMARTS) is 1. The van der Waals surface area contributed by atoms with Gasteiger partial charge in [-0.2, -0.15) is 0 Å². The second-order valence-corrected chi connectivity index (χ2v) is 6.32. The highest BCUT2D eigenvalue weighted by Crippen LogP contribution is 2.14. The summed E-state index contributed by atoms with van der Waals surface area (Å²) in [5.74, 6) is -1.09. The van der Waals surface area contributed by atoms with E-state index in [1.54, 1.807) is 0 Å². The zero-order chi connectivity index (χ0) is 16.5. The van der Waals surface area contributed by atoms with Crippen LogP contribution in [-0.4, -0.2) is 22.4 Å². The molecule has 0 rings (SSSR count). The first-order valence-electron chi connectivity index (χ1n) is 9.25. The zero-order valence-electron chi connectivity index (χ0n) is 14.4. The van der Waals surface area contributed by atoms with Crippen molar-refractivity contribution in [2.75, 3.05) is 0 Å². The molecule has 1 atom stereocenters. The highest BCUT2D eigenvalue weighted by molar-refractivity contribution is 5.72. The van der Waals surface area contributed by atoms with Crippen LogP contribution in [0.1, 0.15) is 103 Å². The Morgan fingerprint density at radius 2 is 1.14 bits per heavy atom. The van der Waals surface area contributed by atoms with Crippen LogP contribution in [0.25, 0.3) is 0 Å². The monoisotopic (exact) mass is 316 g/mol. The number of aliphatic carboxylic acids is 1. The molecule has 0 unspecified atom stereocenters. The van der Waals surface area contributed by atoms with Gasteiger partial charge >= 0.3 is 5.97 Å². The molecule has 0 bridgehead atoms. The predicted molar refractivity (Wildman–Crippen MR) is 90.1 cm³/mol. The van der Waals surface area contributed by atoms with Gasteiger partial charge in [-0.25, -0.2) is 9.68 Å². The molecule has 4 nitrogen and oxygen atoms in total. The molecule has 22 heavy (non-hydrogen) atoms. The molecule has 0 amide bonds. The predicted octanol–water partition coefficient (Wildman–Crippen LogP) is 5.80. The Balaban J connectivity index is 3.13. The number of rotatable bonds is 17. The molecule has 0 aromatic carbocycles. The van der Waals surface area contributed by atoms with Crippen LogP contribution in [-0.2, 0) is 9.68 Å². The lowest BCUT2D eigenvalue weighted by Crippen LogP contribution is -2.22. The van der Waals surface area contributed by atoms with Crippen LogP contribution in [0, 0.1) is 0 Å². The summed E-state index contributed by atoms with van der Waals surface area (Å²) in [4.78, 5) is 14.5. The van der Waals surface area contributed by atoms with E-state index in [4.69, 9.17) is 10.4 Å². The van der Waals surface area contributed by atoms with Crippen LogP contribution in [0.3, 0.4) is 0 Å². The quantitative estimate of drug-likeness (QED) is 0.202. The molecule has 0 aliphatic heterocycles. The number of carboxylic acids is 1. The summed E-state index contributed by atoms with van der Waals surface area (Å²) >= 11 is 0. The molecular formula is C18H36O4. The zero-order valence-corrected chi connectivity index (χ0v) is 14.4. The molecule has 0 saturated carbocycles. The van der Waals surface area contributed by atoms with Gasteiger partial charge in [-0.15, -0.1) is 0 Å². The summed E-state index contributed by atoms with van der Waals surface area (Å²) in [6.45, 7) is 2.25. The van der Waals surface area contributed by atoms with Crippen LogP contribution >= 0.6 is 0 Å². The Bertz CT molecular complexity index is 243. The molecular weight excluding hydrogens is 280 g/mol. The van der Waals surface area contributed by atoms with Crippen LogP contribution in [0.5, 0.6) is 0 Å².